The Balaban J connectivity index is 1.35. The zero-order valence-corrected chi connectivity index (χ0v) is 15.9. The maximum absolute atomic E-state index is 12.0. The van der Waals surface area contributed by atoms with Crippen LogP contribution in [0, 0.1) is 0 Å². The molecule has 9 heteroatoms. The molecule has 0 aliphatic heterocycles. The smallest absolute Gasteiger partial charge is 0.272 e. The molecular formula is C18H17N5O2S2. The number of benzene rings is 1. The molecule has 2 aromatic heterocycles. The molecule has 1 aliphatic rings. The molecule has 2 heterocycles. The molecule has 1 aliphatic carbocycles. The van der Waals surface area contributed by atoms with E-state index in [1.165, 1.54) is 23.1 Å². The molecule has 0 spiro atoms. The highest BCUT2D eigenvalue weighted by atomic mass is 32.2. The molecule has 3 aromatic rings. The Morgan fingerprint density at radius 3 is 2.67 bits per heavy atom. The topological polar surface area (TPSA) is 88.9 Å². The summed E-state index contributed by atoms with van der Waals surface area (Å²) in [6.07, 6.45) is 2.23. The number of para-hydroxylation sites is 1. The fourth-order valence-electron chi connectivity index (χ4n) is 2.49. The monoisotopic (exact) mass is 399 g/mol. The second kappa shape index (κ2) is 7.93. The van der Waals surface area contributed by atoms with Gasteiger partial charge in [0, 0.05) is 5.92 Å². The van der Waals surface area contributed by atoms with Crippen LogP contribution in [0.4, 0.5) is 0 Å². The van der Waals surface area contributed by atoms with Gasteiger partial charge in [-0.3, -0.25) is 20.4 Å². The lowest BCUT2D eigenvalue weighted by atomic mass is 10.3. The van der Waals surface area contributed by atoms with Crippen LogP contribution in [0.5, 0.6) is 0 Å². The molecule has 1 fully saturated rings. The summed E-state index contributed by atoms with van der Waals surface area (Å²) in [7, 11) is 0. The number of hydrogen-bond acceptors (Lipinski definition) is 6. The van der Waals surface area contributed by atoms with Gasteiger partial charge in [-0.2, -0.15) is 0 Å². The van der Waals surface area contributed by atoms with Gasteiger partial charge in [0.2, 0.25) is 11.1 Å². The maximum Gasteiger partial charge on any atom is 0.279 e. The third kappa shape index (κ3) is 4.37. The summed E-state index contributed by atoms with van der Waals surface area (Å²) in [4.78, 5) is 29.0. The first-order valence-electron chi connectivity index (χ1n) is 8.48. The third-order valence-corrected chi connectivity index (χ3v) is 5.66. The van der Waals surface area contributed by atoms with E-state index in [9.17, 15) is 9.59 Å². The van der Waals surface area contributed by atoms with Crippen molar-refractivity contribution in [1.29, 1.82) is 0 Å². The first kappa shape index (κ1) is 17.7. The summed E-state index contributed by atoms with van der Waals surface area (Å²) in [5.41, 5.74) is 5.78. The Kier molecular flexibility index (Phi) is 5.21. The van der Waals surface area contributed by atoms with Gasteiger partial charge in [-0.05, 0) is 36.4 Å². The van der Waals surface area contributed by atoms with Gasteiger partial charge < -0.3 is 0 Å². The molecule has 1 saturated carbocycles. The summed E-state index contributed by atoms with van der Waals surface area (Å²) in [5, 5.41) is 6.91. The van der Waals surface area contributed by atoms with Gasteiger partial charge in [-0.25, -0.2) is 9.67 Å². The second-order valence-corrected chi connectivity index (χ2v) is 7.93. The number of nitrogens with one attached hydrogen (secondary N) is 2. The zero-order chi connectivity index (χ0) is 18.6. The van der Waals surface area contributed by atoms with Crippen LogP contribution in [-0.4, -0.2) is 32.3 Å². The second-order valence-electron chi connectivity index (χ2n) is 6.04. The highest BCUT2D eigenvalue weighted by molar-refractivity contribution is 7.99. The lowest BCUT2D eigenvalue weighted by molar-refractivity contribution is -0.119. The number of hydrogen-bond donors (Lipinski definition) is 2. The molecule has 0 saturated heterocycles. The summed E-state index contributed by atoms with van der Waals surface area (Å²) in [5.74, 6) is 0.856. The molecular weight excluding hydrogens is 382 g/mol. The zero-order valence-electron chi connectivity index (χ0n) is 14.3. The van der Waals surface area contributed by atoms with Crippen molar-refractivity contribution in [2.45, 2.75) is 23.9 Å². The number of carbonyl (C=O) groups is 2. The van der Waals surface area contributed by atoms with Gasteiger partial charge in [0.1, 0.15) is 5.82 Å². The minimum absolute atomic E-state index is 0.119. The minimum Gasteiger partial charge on any atom is -0.272 e. The molecule has 0 unspecified atom stereocenters. The van der Waals surface area contributed by atoms with Crippen molar-refractivity contribution in [3.63, 3.8) is 0 Å². The standard InChI is InChI=1S/C18H17N5O2S2/c24-15(20-21-17(25)14-7-4-10-26-14)11-27-18-19-16(12-8-9-12)23(22-18)13-5-2-1-3-6-13/h1-7,10,12H,8-9,11H2,(H,20,24)(H,21,25). The summed E-state index contributed by atoms with van der Waals surface area (Å²) in [6, 6.07) is 13.3. The van der Waals surface area contributed by atoms with Crippen molar-refractivity contribution in [2.75, 3.05) is 5.75 Å². The van der Waals surface area contributed by atoms with Gasteiger partial charge in [-0.1, -0.05) is 36.0 Å². The van der Waals surface area contributed by atoms with Crippen molar-refractivity contribution in [1.82, 2.24) is 25.6 Å². The van der Waals surface area contributed by atoms with Crippen LogP contribution in [0.25, 0.3) is 5.69 Å². The van der Waals surface area contributed by atoms with E-state index in [0.717, 1.165) is 24.4 Å². The Morgan fingerprint density at radius 2 is 1.96 bits per heavy atom. The number of carbonyl (C=O) groups excluding carboxylic acids is 2. The fraction of sp³-hybridized carbons (Fsp3) is 0.222. The van der Waals surface area contributed by atoms with Crippen LogP contribution in [0.2, 0.25) is 0 Å². The largest absolute Gasteiger partial charge is 0.279 e. The van der Waals surface area contributed by atoms with Crippen molar-refractivity contribution < 1.29 is 9.59 Å². The van der Waals surface area contributed by atoms with E-state index in [1.807, 2.05) is 35.0 Å². The number of nitrogens with zero attached hydrogens (tertiary/aromatic N) is 3. The highest BCUT2D eigenvalue weighted by Crippen LogP contribution is 2.40. The molecule has 7 nitrogen and oxygen atoms in total. The van der Waals surface area contributed by atoms with E-state index in [0.29, 0.717) is 16.0 Å². The molecule has 1 aromatic carbocycles. The lowest BCUT2D eigenvalue weighted by Gasteiger charge is -2.05. The van der Waals surface area contributed by atoms with E-state index in [-0.39, 0.29) is 17.6 Å². The highest BCUT2D eigenvalue weighted by Gasteiger charge is 2.30. The van der Waals surface area contributed by atoms with Gasteiger partial charge in [-0.15, -0.1) is 16.4 Å². The number of thioether (sulfide) groups is 1. The number of thiophene rings is 1. The van der Waals surface area contributed by atoms with Gasteiger partial charge in [0.25, 0.3) is 5.91 Å². The van der Waals surface area contributed by atoms with Crippen molar-refractivity contribution in [3.05, 3.63) is 58.5 Å². The SMILES string of the molecule is O=C(CSc1nc(C2CC2)n(-c2ccccc2)n1)NNC(=O)c1cccs1. The molecule has 4 rings (SSSR count). The van der Waals surface area contributed by atoms with Gasteiger partial charge in [0.15, 0.2) is 0 Å². The van der Waals surface area contributed by atoms with E-state index < -0.39 is 0 Å². The average molecular weight is 400 g/mol. The lowest BCUT2D eigenvalue weighted by Crippen LogP contribution is -2.42. The van der Waals surface area contributed by atoms with Crippen LogP contribution < -0.4 is 10.9 Å². The molecule has 0 bridgehead atoms. The molecule has 0 atom stereocenters. The van der Waals surface area contributed by atoms with E-state index in [1.54, 1.807) is 17.5 Å². The van der Waals surface area contributed by atoms with Gasteiger partial charge >= 0.3 is 0 Å². The van der Waals surface area contributed by atoms with Crippen molar-refractivity contribution in [2.24, 2.45) is 0 Å². The predicted molar refractivity (Wildman–Crippen MR) is 104 cm³/mol. The summed E-state index contributed by atoms with van der Waals surface area (Å²) >= 11 is 2.56. The van der Waals surface area contributed by atoms with Crippen LogP contribution in [0.1, 0.15) is 34.3 Å². The Hall–Kier alpha value is -2.65. The molecule has 2 amide bonds. The average Bonchev–Trinajstić information content (AvgIpc) is 3.22. The first-order chi connectivity index (χ1) is 13.2. The summed E-state index contributed by atoms with van der Waals surface area (Å²) < 4.78 is 1.86. The van der Waals surface area contributed by atoms with Crippen LogP contribution in [-0.2, 0) is 4.79 Å². The van der Waals surface area contributed by atoms with E-state index in [4.69, 9.17) is 0 Å². The van der Waals surface area contributed by atoms with Crippen LogP contribution in [0.15, 0.2) is 53.0 Å². The maximum atomic E-state index is 12.0. The van der Waals surface area contributed by atoms with Crippen LogP contribution in [0.3, 0.4) is 0 Å². The van der Waals surface area contributed by atoms with Gasteiger partial charge in [0.05, 0.1) is 16.3 Å². The predicted octanol–water partition coefficient (Wildman–Crippen LogP) is 2.76. The van der Waals surface area contributed by atoms with Crippen LogP contribution >= 0.6 is 23.1 Å². The normalized spacial score (nSPS) is 13.3. The number of aromatic nitrogens is 3. The molecule has 138 valence electrons. The minimum atomic E-state index is -0.328. The van der Waals surface area contributed by atoms with Crippen molar-refractivity contribution in [3.8, 4) is 5.69 Å². The number of rotatable bonds is 6. The molecule has 0 radical (unpaired) electrons. The molecule has 2 N–H and O–H groups in total. The van der Waals surface area contributed by atoms with E-state index >= 15 is 0 Å². The van der Waals surface area contributed by atoms with E-state index in [2.05, 4.69) is 20.9 Å². The van der Waals surface area contributed by atoms with Crippen molar-refractivity contribution >= 4 is 34.9 Å². The third-order valence-electron chi connectivity index (χ3n) is 3.95. The quantitative estimate of drug-likeness (QED) is 0.491. The first-order valence-corrected chi connectivity index (χ1v) is 10.3. The Bertz CT molecular complexity index is 936. The Labute approximate surface area is 164 Å². The summed E-state index contributed by atoms with van der Waals surface area (Å²) in [6.45, 7) is 0. The number of amides is 2. The number of hydrazine groups is 1. The Morgan fingerprint density at radius 1 is 1.15 bits per heavy atom. The molecule has 27 heavy (non-hydrogen) atoms. The fourth-order valence-corrected chi connectivity index (χ4v) is 3.74.